The van der Waals surface area contributed by atoms with Gasteiger partial charge >= 0.3 is 0 Å². The highest BCUT2D eigenvalue weighted by atomic mass is 16.4. The lowest BCUT2D eigenvalue weighted by molar-refractivity contribution is 0.111. The van der Waals surface area contributed by atoms with Gasteiger partial charge in [0, 0.05) is 6.20 Å². The van der Waals surface area contributed by atoms with E-state index in [4.69, 9.17) is 4.42 Å². The Morgan fingerprint density at radius 3 is 3.00 bits per heavy atom. The van der Waals surface area contributed by atoms with Gasteiger partial charge in [0.25, 0.3) is 0 Å². The average molecular weight is 204 g/mol. The molecule has 0 saturated carbocycles. The second-order valence-corrected chi connectivity index (χ2v) is 3.44. The van der Waals surface area contributed by atoms with Crippen LogP contribution in [-0.2, 0) is 0 Å². The summed E-state index contributed by atoms with van der Waals surface area (Å²) in [4.78, 5) is 14.9. The Labute approximate surface area is 87.5 Å². The minimum absolute atomic E-state index is 0.0612. The normalized spacial score (nSPS) is 12.7. The first-order valence-corrected chi connectivity index (χ1v) is 4.76. The monoisotopic (exact) mass is 204 g/mol. The van der Waals surface area contributed by atoms with Crippen LogP contribution in [0, 0.1) is 6.92 Å². The minimum atomic E-state index is -0.0612. The lowest BCUT2D eigenvalue weighted by Gasteiger charge is -2.11. The van der Waals surface area contributed by atoms with Crippen LogP contribution < -0.4 is 0 Å². The standard InChI is InChI=1S/C11H12N2O2/c1-8-6-12-11(15-8)9(2)13-5-3-4-10(13)7-14/h3-7,9H,1-2H3. The summed E-state index contributed by atoms with van der Waals surface area (Å²) in [5, 5.41) is 0. The third-order valence-corrected chi connectivity index (χ3v) is 2.35. The van der Waals surface area contributed by atoms with Crippen LogP contribution in [0.5, 0.6) is 0 Å². The summed E-state index contributed by atoms with van der Waals surface area (Å²) in [5.74, 6) is 1.39. The second-order valence-electron chi connectivity index (χ2n) is 3.44. The molecule has 0 N–H and O–H groups in total. The van der Waals surface area contributed by atoms with Crippen LogP contribution in [0.15, 0.2) is 28.9 Å². The van der Waals surface area contributed by atoms with Crippen LogP contribution in [0.1, 0.15) is 35.1 Å². The molecule has 1 atom stereocenters. The van der Waals surface area contributed by atoms with E-state index in [0.717, 1.165) is 12.0 Å². The number of oxazole rings is 1. The zero-order valence-electron chi connectivity index (χ0n) is 8.68. The average Bonchev–Trinajstić information content (AvgIpc) is 2.84. The third-order valence-electron chi connectivity index (χ3n) is 2.35. The van der Waals surface area contributed by atoms with E-state index in [-0.39, 0.29) is 6.04 Å². The topological polar surface area (TPSA) is 48.0 Å². The first-order valence-electron chi connectivity index (χ1n) is 4.76. The number of rotatable bonds is 3. The van der Waals surface area contributed by atoms with Gasteiger partial charge in [-0.3, -0.25) is 4.79 Å². The lowest BCUT2D eigenvalue weighted by atomic mass is 10.3. The van der Waals surface area contributed by atoms with Gasteiger partial charge in [-0.25, -0.2) is 4.98 Å². The maximum atomic E-state index is 10.8. The van der Waals surface area contributed by atoms with Crippen molar-refractivity contribution in [2.24, 2.45) is 0 Å². The Morgan fingerprint density at radius 2 is 2.40 bits per heavy atom. The van der Waals surface area contributed by atoms with Gasteiger partial charge in [0.1, 0.15) is 11.8 Å². The van der Waals surface area contributed by atoms with Crippen molar-refractivity contribution in [2.45, 2.75) is 19.9 Å². The van der Waals surface area contributed by atoms with E-state index in [2.05, 4.69) is 4.98 Å². The Kier molecular flexibility index (Phi) is 2.41. The van der Waals surface area contributed by atoms with E-state index in [1.807, 2.05) is 30.7 Å². The fourth-order valence-electron chi connectivity index (χ4n) is 1.54. The van der Waals surface area contributed by atoms with Crippen molar-refractivity contribution < 1.29 is 9.21 Å². The molecule has 2 rings (SSSR count). The number of aldehydes is 1. The van der Waals surface area contributed by atoms with Gasteiger partial charge in [-0.1, -0.05) is 0 Å². The van der Waals surface area contributed by atoms with E-state index in [1.54, 1.807) is 12.3 Å². The maximum absolute atomic E-state index is 10.8. The van der Waals surface area contributed by atoms with E-state index in [0.29, 0.717) is 11.6 Å². The molecule has 0 aliphatic rings. The predicted molar refractivity (Wildman–Crippen MR) is 54.9 cm³/mol. The summed E-state index contributed by atoms with van der Waals surface area (Å²) in [5.41, 5.74) is 0.623. The zero-order valence-corrected chi connectivity index (χ0v) is 8.68. The van der Waals surface area contributed by atoms with Crippen molar-refractivity contribution in [3.8, 4) is 0 Å². The maximum Gasteiger partial charge on any atom is 0.217 e. The molecule has 0 spiro atoms. The number of hydrogen-bond acceptors (Lipinski definition) is 3. The highest BCUT2D eigenvalue weighted by molar-refractivity contribution is 5.72. The van der Waals surface area contributed by atoms with Crippen molar-refractivity contribution in [1.82, 2.24) is 9.55 Å². The summed E-state index contributed by atoms with van der Waals surface area (Å²) in [6.45, 7) is 3.79. The number of aromatic nitrogens is 2. The van der Waals surface area contributed by atoms with Crippen LogP contribution in [-0.4, -0.2) is 15.8 Å². The van der Waals surface area contributed by atoms with Crippen molar-refractivity contribution in [3.63, 3.8) is 0 Å². The van der Waals surface area contributed by atoms with Crippen LogP contribution in [0.25, 0.3) is 0 Å². The van der Waals surface area contributed by atoms with Gasteiger partial charge < -0.3 is 8.98 Å². The number of nitrogens with zero attached hydrogens (tertiary/aromatic N) is 2. The molecule has 0 saturated heterocycles. The molecule has 78 valence electrons. The molecule has 4 heteroatoms. The molecule has 0 bridgehead atoms. The van der Waals surface area contributed by atoms with Gasteiger partial charge in [0.15, 0.2) is 6.29 Å². The fourth-order valence-corrected chi connectivity index (χ4v) is 1.54. The Hall–Kier alpha value is -1.84. The Balaban J connectivity index is 2.35. The summed E-state index contributed by atoms with van der Waals surface area (Å²) in [7, 11) is 0. The second kappa shape index (κ2) is 3.73. The number of hydrogen-bond donors (Lipinski definition) is 0. The van der Waals surface area contributed by atoms with Crippen LogP contribution >= 0.6 is 0 Å². The molecule has 2 heterocycles. The van der Waals surface area contributed by atoms with Gasteiger partial charge in [-0.05, 0) is 26.0 Å². The first-order chi connectivity index (χ1) is 7.22. The zero-order chi connectivity index (χ0) is 10.8. The van der Waals surface area contributed by atoms with Crippen molar-refractivity contribution in [2.75, 3.05) is 0 Å². The molecule has 1 unspecified atom stereocenters. The molecule has 0 aromatic carbocycles. The Bertz CT molecular complexity index is 470. The van der Waals surface area contributed by atoms with E-state index >= 15 is 0 Å². The van der Waals surface area contributed by atoms with Crippen LogP contribution in [0.3, 0.4) is 0 Å². The van der Waals surface area contributed by atoms with Gasteiger partial charge in [-0.15, -0.1) is 0 Å². The Morgan fingerprint density at radius 1 is 1.60 bits per heavy atom. The van der Waals surface area contributed by atoms with E-state index in [1.165, 1.54) is 0 Å². The molecular weight excluding hydrogens is 192 g/mol. The smallest absolute Gasteiger partial charge is 0.217 e. The van der Waals surface area contributed by atoms with E-state index in [9.17, 15) is 4.79 Å². The van der Waals surface area contributed by atoms with Crippen molar-refractivity contribution >= 4 is 6.29 Å². The molecular formula is C11H12N2O2. The van der Waals surface area contributed by atoms with Gasteiger partial charge in [-0.2, -0.15) is 0 Å². The summed E-state index contributed by atoms with van der Waals surface area (Å²) >= 11 is 0. The van der Waals surface area contributed by atoms with Crippen molar-refractivity contribution in [1.29, 1.82) is 0 Å². The highest BCUT2D eigenvalue weighted by Crippen LogP contribution is 2.19. The quantitative estimate of drug-likeness (QED) is 0.720. The predicted octanol–water partition coefficient (Wildman–Crippen LogP) is 2.21. The lowest BCUT2D eigenvalue weighted by Crippen LogP contribution is -2.08. The molecule has 2 aromatic heterocycles. The minimum Gasteiger partial charge on any atom is -0.444 e. The van der Waals surface area contributed by atoms with E-state index < -0.39 is 0 Å². The van der Waals surface area contributed by atoms with Crippen molar-refractivity contribution in [3.05, 3.63) is 41.9 Å². The van der Waals surface area contributed by atoms with Crippen LogP contribution in [0.2, 0.25) is 0 Å². The number of aryl methyl sites for hydroxylation is 1. The summed E-state index contributed by atoms with van der Waals surface area (Å²) in [6.07, 6.45) is 4.34. The molecule has 0 fully saturated rings. The van der Waals surface area contributed by atoms with Crippen LogP contribution in [0.4, 0.5) is 0 Å². The third kappa shape index (κ3) is 1.70. The molecule has 4 nitrogen and oxygen atoms in total. The van der Waals surface area contributed by atoms with Gasteiger partial charge in [0.05, 0.1) is 11.9 Å². The molecule has 0 amide bonds. The first kappa shape index (κ1) is 9.71. The number of carbonyl (C=O) groups is 1. The highest BCUT2D eigenvalue weighted by Gasteiger charge is 2.14. The molecule has 15 heavy (non-hydrogen) atoms. The number of carbonyl (C=O) groups excluding carboxylic acids is 1. The molecule has 0 aliphatic heterocycles. The summed E-state index contributed by atoms with van der Waals surface area (Å²) < 4.78 is 7.25. The fraction of sp³-hybridized carbons (Fsp3) is 0.273. The molecule has 2 aromatic rings. The largest absolute Gasteiger partial charge is 0.444 e. The van der Waals surface area contributed by atoms with Gasteiger partial charge in [0.2, 0.25) is 5.89 Å². The SMILES string of the molecule is Cc1cnc(C(C)n2cccc2C=O)o1. The molecule has 0 radical (unpaired) electrons. The summed E-state index contributed by atoms with van der Waals surface area (Å²) in [6, 6.07) is 3.53. The molecule has 0 aliphatic carbocycles.